The third-order valence-corrected chi connectivity index (χ3v) is 3.94. The third kappa shape index (κ3) is 2.57. The molecule has 2 aromatic rings. The van der Waals surface area contributed by atoms with Gasteiger partial charge in [-0.15, -0.1) is 0 Å². The summed E-state index contributed by atoms with van der Waals surface area (Å²) in [5.74, 6) is 0. The molecular formula is C15H19N3O2. The summed E-state index contributed by atoms with van der Waals surface area (Å²) in [6.07, 6.45) is 3.43. The summed E-state index contributed by atoms with van der Waals surface area (Å²) < 4.78 is 0. The molecule has 0 fully saturated rings. The van der Waals surface area contributed by atoms with Gasteiger partial charge in [-0.25, -0.2) is 0 Å². The van der Waals surface area contributed by atoms with E-state index < -0.39 is 0 Å². The van der Waals surface area contributed by atoms with Gasteiger partial charge >= 0.3 is 5.69 Å². The lowest BCUT2D eigenvalue weighted by atomic mass is 9.94. The van der Waals surface area contributed by atoms with Crippen LogP contribution in [0.4, 0.5) is 11.4 Å². The molecule has 0 atom stereocenters. The largest absolute Gasteiger partial charge is 0.374 e. The first kappa shape index (κ1) is 14.2. The average molecular weight is 273 g/mol. The van der Waals surface area contributed by atoms with Gasteiger partial charge in [-0.2, -0.15) is 0 Å². The van der Waals surface area contributed by atoms with Crippen LogP contribution in [0.2, 0.25) is 0 Å². The third-order valence-electron chi connectivity index (χ3n) is 3.94. The maximum atomic E-state index is 11.4. The number of nitrogens with one attached hydrogen (secondary N) is 1. The number of aromatic nitrogens is 1. The van der Waals surface area contributed by atoms with Gasteiger partial charge in [0.15, 0.2) is 0 Å². The van der Waals surface area contributed by atoms with Crippen LogP contribution in [0, 0.1) is 10.1 Å². The number of hydrogen-bond donors (Lipinski definition) is 1. The Morgan fingerprint density at radius 1 is 1.30 bits per heavy atom. The van der Waals surface area contributed by atoms with E-state index in [0.717, 1.165) is 12.8 Å². The van der Waals surface area contributed by atoms with Gasteiger partial charge in [0.25, 0.3) is 0 Å². The zero-order valence-corrected chi connectivity index (χ0v) is 12.0. The predicted octanol–water partition coefficient (Wildman–Crippen LogP) is 4.13. The van der Waals surface area contributed by atoms with Crippen LogP contribution in [0.3, 0.4) is 0 Å². The van der Waals surface area contributed by atoms with Crippen LogP contribution >= 0.6 is 0 Å². The maximum absolute atomic E-state index is 11.4. The van der Waals surface area contributed by atoms with Gasteiger partial charge < -0.3 is 5.32 Å². The van der Waals surface area contributed by atoms with E-state index in [9.17, 15) is 10.1 Å². The molecule has 20 heavy (non-hydrogen) atoms. The molecule has 0 saturated heterocycles. The summed E-state index contributed by atoms with van der Waals surface area (Å²) in [7, 11) is 0. The minimum atomic E-state index is -0.335. The van der Waals surface area contributed by atoms with Crippen molar-refractivity contribution in [1.82, 2.24) is 4.98 Å². The van der Waals surface area contributed by atoms with Gasteiger partial charge in [-0.05, 0) is 44.0 Å². The number of nitro benzene ring substituents is 1. The molecule has 1 heterocycles. The molecule has 1 aromatic heterocycles. The Labute approximate surface area is 118 Å². The second kappa shape index (κ2) is 5.45. The SMILES string of the molecule is CCC(C)(CC)Nc1ccc2ncccc2c1[N+](=O)[O-]. The van der Waals surface area contributed by atoms with Crippen molar-refractivity contribution in [3.8, 4) is 0 Å². The van der Waals surface area contributed by atoms with Gasteiger partial charge in [0.2, 0.25) is 0 Å². The number of pyridine rings is 1. The minimum absolute atomic E-state index is 0.101. The number of fused-ring (bicyclic) bond motifs is 1. The molecule has 106 valence electrons. The summed E-state index contributed by atoms with van der Waals surface area (Å²) in [6, 6.07) is 7.02. The van der Waals surface area contributed by atoms with Crippen molar-refractivity contribution in [3.05, 3.63) is 40.6 Å². The second-order valence-corrected chi connectivity index (χ2v) is 5.18. The molecule has 0 unspecified atom stereocenters. The molecule has 0 aliphatic heterocycles. The predicted molar refractivity (Wildman–Crippen MR) is 81.0 cm³/mol. The van der Waals surface area contributed by atoms with Gasteiger partial charge in [0.05, 0.1) is 15.8 Å². The highest BCUT2D eigenvalue weighted by molar-refractivity contribution is 5.94. The number of anilines is 1. The fourth-order valence-corrected chi connectivity index (χ4v) is 2.19. The van der Waals surface area contributed by atoms with Crippen LogP contribution in [0.5, 0.6) is 0 Å². The lowest BCUT2D eigenvalue weighted by molar-refractivity contribution is -0.382. The van der Waals surface area contributed by atoms with E-state index in [-0.39, 0.29) is 16.1 Å². The summed E-state index contributed by atoms with van der Waals surface area (Å²) in [5.41, 5.74) is 1.14. The first-order valence-electron chi connectivity index (χ1n) is 6.81. The smallest absolute Gasteiger partial charge is 0.301 e. The summed E-state index contributed by atoms with van der Waals surface area (Å²) >= 11 is 0. The Balaban J connectivity index is 2.59. The molecule has 0 aliphatic carbocycles. The zero-order valence-electron chi connectivity index (χ0n) is 12.0. The van der Waals surface area contributed by atoms with E-state index in [1.54, 1.807) is 24.4 Å². The summed E-state index contributed by atoms with van der Waals surface area (Å²) in [6.45, 7) is 6.22. The molecule has 0 radical (unpaired) electrons. The molecule has 2 rings (SSSR count). The normalized spacial score (nSPS) is 11.6. The molecule has 0 spiro atoms. The van der Waals surface area contributed by atoms with Crippen molar-refractivity contribution in [2.45, 2.75) is 39.2 Å². The highest BCUT2D eigenvalue weighted by atomic mass is 16.6. The first-order chi connectivity index (χ1) is 9.50. The van der Waals surface area contributed by atoms with Gasteiger partial charge in [-0.3, -0.25) is 15.1 Å². The number of nitro groups is 1. The van der Waals surface area contributed by atoms with E-state index in [1.807, 2.05) is 6.07 Å². The topological polar surface area (TPSA) is 68.1 Å². The molecule has 1 aromatic carbocycles. The second-order valence-electron chi connectivity index (χ2n) is 5.18. The Hall–Kier alpha value is -2.17. The maximum Gasteiger partial charge on any atom is 0.301 e. The molecular weight excluding hydrogens is 254 g/mol. The molecule has 0 bridgehead atoms. The molecule has 5 heteroatoms. The van der Waals surface area contributed by atoms with E-state index in [1.165, 1.54) is 0 Å². The van der Waals surface area contributed by atoms with Crippen molar-refractivity contribution in [3.63, 3.8) is 0 Å². The number of rotatable bonds is 5. The van der Waals surface area contributed by atoms with Crippen LogP contribution in [0.15, 0.2) is 30.5 Å². The zero-order chi connectivity index (χ0) is 14.8. The Kier molecular flexibility index (Phi) is 3.88. The quantitative estimate of drug-likeness (QED) is 0.656. The van der Waals surface area contributed by atoms with E-state index >= 15 is 0 Å². The molecule has 1 N–H and O–H groups in total. The van der Waals surface area contributed by atoms with Crippen LogP contribution in [-0.2, 0) is 0 Å². The molecule has 0 aliphatic rings. The van der Waals surface area contributed by atoms with E-state index in [2.05, 4.69) is 31.1 Å². The van der Waals surface area contributed by atoms with Gasteiger partial charge in [-0.1, -0.05) is 13.8 Å². The number of nitrogens with zero attached hydrogens (tertiary/aromatic N) is 2. The summed E-state index contributed by atoms with van der Waals surface area (Å²) in [4.78, 5) is 15.3. The van der Waals surface area contributed by atoms with Crippen molar-refractivity contribution < 1.29 is 4.92 Å². The van der Waals surface area contributed by atoms with Gasteiger partial charge in [0, 0.05) is 11.7 Å². The summed E-state index contributed by atoms with van der Waals surface area (Å²) in [5, 5.41) is 15.3. The molecule has 0 saturated carbocycles. The van der Waals surface area contributed by atoms with Crippen molar-refractivity contribution in [2.24, 2.45) is 0 Å². The van der Waals surface area contributed by atoms with Gasteiger partial charge in [0.1, 0.15) is 5.69 Å². The Morgan fingerprint density at radius 3 is 2.60 bits per heavy atom. The minimum Gasteiger partial charge on any atom is -0.374 e. The molecule has 5 nitrogen and oxygen atoms in total. The van der Waals surface area contributed by atoms with Crippen LogP contribution < -0.4 is 5.32 Å². The monoisotopic (exact) mass is 273 g/mol. The van der Waals surface area contributed by atoms with Crippen LogP contribution in [-0.4, -0.2) is 15.4 Å². The van der Waals surface area contributed by atoms with Crippen LogP contribution in [0.25, 0.3) is 10.9 Å². The van der Waals surface area contributed by atoms with Crippen LogP contribution in [0.1, 0.15) is 33.6 Å². The first-order valence-corrected chi connectivity index (χ1v) is 6.81. The lowest BCUT2D eigenvalue weighted by Crippen LogP contribution is -2.33. The van der Waals surface area contributed by atoms with E-state index in [4.69, 9.17) is 0 Å². The Bertz CT molecular complexity index is 636. The fourth-order valence-electron chi connectivity index (χ4n) is 2.19. The average Bonchev–Trinajstić information content (AvgIpc) is 2.46. The number of hydrogen-bond acceptors (Lipinski definition) is 4. The fraction of sp³-hybridized carbons (Fsp3) is 0.400. The highest BCUT2D eigenvalue weighted by Crippen LogP contribution is 2.35. The van der Waals surface area contributed by atoms with Crippen molar-refractivity contribution >= 4 is 22.3 Å². The lowest BCUT2D eigenvalue weighted by Gasteiger charge is -2.29. The standard InChI is InChI=1S/C15H19N3O2/c1-4-15(3,5-2)17-13-9-8-12-11(7-6-10-16-12)14(13)18(19)20/h6-10,17H,4-5H2,1-3H3. The van der Waals surface area contributed by atoms with Crippen molar-refractivity contribution in [1.29, 1.82) is 0 Å². The highest BCUT2D eigenvalue weighted by Gasteiger charge is 2.25. The van der Waals surface area contributed by atoms with E-state index in [0.29, 0.717) is 16.6 Å². The Morgan fingerprint density at radius 2 is 2.00 bits per heavy atom. The number of benzene rings is 1. The van der Waals surface area contributed by atoms with Crippen molar-refractivity contribution in [2.75, 3.05) is 5.32 Å². The molecule has 0 amide bonds.